The van der Waals surface area contributed by atoms with Gasteiger partial charge in [0.15, 0.2) is 0 Å². The molecular formula is C10H13BrN2O2. The zero-order valence-electron chi connectivity index (χ0n) is 8.71. The molecule has 0 aliphatic heterocycles. The first-order chi connectivity index (χ1) is 7.13. The van der Waals surface area contributed by atoms with E-state index in [2.05, 4.69) is 25.9 Å². The van der Waals surface area contributed by atoms with E-state index < -0.39 is 0 Å². The van der Waals surface area contributed by atoms with Crippen LogP contribution in [-0.2, 0) is 4.74 Å². The largest absolute Gasteiger partial charge is 0.374 e. The van der Waals surface area contributed by atoms with Gasteiger partial charge >= 0.3 is 0 Å². The number of aromatic nitrogens is 2. The van der Waals surface area contributed by atoms with E-state index in [0.29, 0.717) is 16.2 Å². The van der Waals surface area contributed by atoms with E-state index in [-0.39, 0.29) is 11.7 Å². The lowest BCUT2D eigenvalue weighted by molar-refractivity contribution is 0.111. The van der Waals surface area contributed by atoms with Gasteiger partial charge in [-0.25, -0.2) is 4.98 Å². The Morgan fingerprint density at radius 3 is 2.80 bits per heavy atom. The molecule has 0 bridgehead atoms. The summed E-state index contributed by atoms with van der Waals surface area (Å²) in [6.07, 6.45) is 2.06. The van der Waals surface area contributed by atoms with Crippen molar-refractivity contribution in [1.82, 2.24) is 9.97 Å². The molecule has 1 unspecified atom stereocenters. The van der Waals surface area contributed by atoms with E-state index in [1.165, 1.54) is 0 Å². The summed E-state index contributed by atoms with van der Waals surface area (Å²) in [6.45, 7) is 1.86. The minimum Gasteiger partial charge on any atom is -0.374 e. The number of aromatic amines is 1. The fourth-order valence-corrected chi connectivity index (χ4v) is 1.94. The summed E-state index contributed by atoms with van der Waals surface area (Å²) in [5.74, 6) is 1.05. The van der Waals surface area contributed by atoms with Gasteiger partial charge in [-0.15, -0.1) is 0 Å². The number of methoxy groups -OCH3 is 1. The Hall–Kier alpha value is -0.680. The number of halogens is 1. The number of rotatable bonds is 3. The van der Waals surface area contributed by atoms with Gasteiger partial charge in [-0.05, 0) is 35.7 Å². The first kappa shape index (κ1) is 10.8. The maximum atomic E-state index is 11.6. The van der Waals surface area contributed by atoms with Crippen LogP contribution in [0.3, 0.4) is 0 Å². The van der Waals surface area contributed by atoms with Gasteiger partial charge in [-0.2, -0.15) is 0 Å². The molecule has 1 atom stereocenters. The van der Waals surface area contributed by atoms with Crippen molar-refractivity contribution >= 4 is 15.9 Å². The van der Waals surface area contributed by atoms with E-state index >= 15 is 0 Å². The van der Waals surface area contributed by atoms with Crippen molar-refractivity contribution < 1.29 is 4.74 Å². The van der Waals surface area contributed by atoms with Crippen molar-refractivity contribution in [3.8, 4) is 0 Å². The molecule has 2 rings (SSSR count). The zero-order valence-corrected chi connectivity index (χ0v) is 10.3. The third-order valence-corrected chi connectivity index (χ3v) is 3.38. The fourth-order valence-electron chi connectivity index (χ4n) is 1.43. The van der Waals surface area contributed by atoms with Gasteiger partial charge in [0.2, 0.25) is 0 Å². The first-order valence-electron chi connectivity index (χ1n) is 4.96. The molecular weight excluding hydrogens is 260 g/mol. The molecule has 4 nitrogen and oxygen atoms in total. The number of nitrogens with one attached hydrogen (secondary N) is 1. The van der Waals surface area contributed by atoms with E-state index in [1.54, 1.807) is 7.11 Å². The van der Waals surface area contributed by atoms with E-state index in [0.717, 1.165) is 18.5 Å². The predicted octanol–water partition coefficient (Wildman–Crippen LogP) is 2.12. The summed E-state index contributed by atoms with van der Waals surface area (Å²) < 4.78 is 5.70. The molecule has 82 valence electrons. The molecule has 1 heterocycles. The van der Waals surface area contributed by atoms with Gasteiger partial charge < -0.3 is 9.72 Å². The van der Waals surface area contributed by atoms with Gasteiger partial charge in [0, 0.05) is 13.0 Å². The van der Waals surface area contributed by atoms with Gasteiger partial charge in [-0.3, -0.25) is 4.79 Å². The van der Waals surface area contributed by atoms with Crippen molar-refractivity contribution in [2.45, 2.75) is 31.8 Å². The second kappa shape index (κ2) is 4.06. The quantitative estimate of drug-likeness (QED) is 0.917. The highest BCUT2D eigenvalue weighted by Crippen LogP contribution is 2.41. The normalized spacial score (nSPS) is 17.8. The Morgan fingerprint density at radius 2 is 2.27 bits per heavy atom. The van der Waals surface area contributed by atoms with E-state index in [1.807, 2.05) is 6.92 Å². The number of hydrogen-bond acceptors (Lipinski definition) is 3. The van der Waals surface area contributed by atoms with Gasteiger partial charge in [0.05, 0.1) is 5.69 Å². The molecule has 1 N–H and O–H groups in total. The smallest absolute Gasteiger partial charge is 0.265 e. The molecule has 5 heteroatoms. The van der Waals surface area contributed by atoms with Crippen LogP contribution in [0.15, 0.2) is 9.27 Å². The maximum absolute atomic E-state index is 11.6. The maximum Gasteiger partial charge on any atom is 0.265 e. The summed E-state index contributed by atoms with van der Waals surface area (Å²) in [6, 6.07) is 0. The molecule has 0 radical (unpaired) electrons. The summed E-state index contributed by atoms with van der Waals surface area (Å²) in [4.78, 5) is 18.8. The van der Waals surface area contributed by atoms with Crippen LogP contribution in [0.2, 0.25) is 0 Å². The topological polar surface area (TPSA) is 55.0 Å². The summed E-state index contributed by atoms with van der Waals surface area (Å²) in [5, 5.41) is 0. The van der Waals surface area contributed by atoms with Crippen LogP contribution in [0, 0.1) is 0 Å². The molecule has 0 saturated heterocycles. The number of ether oxygens (including phenoxy) is 1. The van der Waals surface area contributed by atoms with Crippen molar-refractivity contribution in [3.05, 3.63) is 26.3 Å². The highest BCUT2D eigenvalue weighted by molar-refractivity contribution is 9.10. The fraction of sp³-hybridized carbons (Fsp3) is 0.600. The molecule has 0 amide bonds. The molecule has 15 heavy (non-hydrogen) atoms. The van der Waals surface area contributed by atoms with Crippen LogP contribution in [0.5, 0.6) is 0 Å². The molecule has 1 aromatic rings. The zero-order chi connectivity index (χ0) is 11.0. The lowest BCUT2D eigenvalue weighted by atomic mass is 10.2. The van der Waals surface area contributed by atoms with Crippen LogP contribution in [0.25, 0.3) is 0 Å². The van der Waals surface area contributed by atoms with Gasteiger partial charge in [0.25, 0.3) is 5.56 Å². The van der Waals surface area contributed by atoms with Crippen LogP contribution < -0.4 is 5.56 Å². The van der Waals surface area contributed by atoms with Crippen molar-refractivity contribution in [1.29, 1.82) is 0 Å². The Bertz CT molecular complexity index is 426. The lowest BCUT2D eigenvalue weighted by Crippen LogP contribution is -2.17. The van der Waals surface area contributed by atoms with Crippen LogP contribution >= 0.6 is 15.9 Å². The van der Waals surface area contributed by atoms with Gasteiger partial charge in [0.1, 0.15) is 16.4 Å². The van der Waals surface area contributed by atoms with Crippen LogP contribution in [-0.4, -0.2) is 17.1 Å². The first-order valence-corrected chi connectivity index (χ1v) is 5.75. The van der Waals surface area contributed by atoms with E-state index in [9.17, 15) is 4.79 Å². The molecule has 1 fully saturated rings. The second-order valence-corrected chi connectivity index (χ2v) is 4.60. The number of nitrogens with zero attached hydrogens (tertiary/aromatic N) is 1. The van der Waals surface area contributed by atoms with Crippen molar-refractivity contribution in [2.75, 3.05) is 7.11 Å². The third kappa shape index (κ3) is 2.13. The highest BCUT2D eigenvalue weighted by atomic mass is 79.9. The lowest BCUT2D eigenvalue weighted by Gasteiger charge is -2.10. The van der Waals surface area contributed by atoms with Crippen molar-refractivity contribution in [3.63, 3.8) is 0 Å². The minimum atomic E-state index is -0.178. The molecule has 1 aromatic heterocycles. The highest BCUT2D eigenvalue weighted by Gasteiger charge is 2.29. The number of H-pyrrole nitrogens is 1. The summed E-state index contributed by atoms with van der Waals surface area (Å²) in [7, 11) is 1.60. The minimum absolute atomic E-state index is 0.120. The monoisotopic (exact) mass is 272 g/mol. The molecule has 1 saturated carbocycles. The third-order valence-electron chi connectivity index (χ3n) is 2.61. The Kier molecular flexibility index (Phi) is 2.93. The van der Waals surface area contributed by atoms with Crippen molar-refractivity contribution in [2.24, 2.45) is 0 Å². The standard InChI is InChI=1S/C10H13BrN2O2/c1-5(15-2)9-12-8(6-3-4-6)7(11)10(14)13-9/h5-6H,3-4H2,1-2H3,(H,12,13,14). The number of hydrogen-bond donors (Lipinski definition) is 1. The van der Waals surface area contributed by atoms with E-state index in [4.69, 9.17) is 4.74 Å². The average molecular weight is 273 g/mol. The van der Waals surface area contributed by atoms with Gasteiger partial charge in [-0.1, -0.05) is 0 Å². The summed E-state index contributed by atoms with van der Waals surface area (Å²) in [5.41, 5.74) is 0.753. The molecule has 1 aliphatic carbocycles. The Labute approximate surface area is 96.2 Å². The van der Waals surface area contributed by atoms with Crippen LogP contribution in [0.4, 0.5) is 0 Å². The molecule has 1 aliphatic rings. The average Bonchev–Trinajstić information content (AvgIpc) is 3.04. The molecule has 0 aromatic carbocycles. The molecule has 0 spiro atoms. The Morgan fingerprint density at radius 1 is 1.60 bits per heavy atom. The second-order valence-electron chi connectivity index (χ2n) is 3.80. The SMILES string of the molecule is COC(C)c1nc(C2CC2)c(Br)c(=O)[nH]1. The predicted molar refractivity (Wildman–Crippen MR) is 60.0 cm³/mol. The summed E-state index contributed by atoms with van der Waals surface area (Å²) >= 11 is 3.28. The Balaban J connectivity index is 2.45. The van der Waals surface area contributed by atoms with Crippen LogP contribution in [0.1, 0.15) is 43.3 Å².